The molecule has 1 heterocycles. The Hall–Kier alpha value is -0.990. The lowest BCUT2D eigenvalue weighted by molar-refractivity contribution is 0.279. The van der Waals surface area contributed by atoms with Crippen molar-refractivity contribution >= 4 is 5.95 Å². The van der Waals surface area contributed by atoms with E-state index in [0.29, 0.717) is 12.1 Å². The van der Waals surface area contributed by atoms with Crippen molar-refractivity contribution in [3.63, 3.8) is 0 Å². The van der Waals surface area contributed by atoms with Gasteiger partial charge in [-0.05, 0) is 50.9 Å². The third-order valence-electron chi connectivity index (χ3n) is 5.08. The molecule has 0 bridgehead atoms. The van der Waals surface area contributed by atoms with Crippen LogP contribution in [0.3, 0.4) is 0 Å². The zero-order valence-corrected chi connectivity index (χ0v) is 13.2. The van der Waals surface area contributed by atoms with E-state index in [1.807, 2.05) is 0 Å². The minimum Gasteiger partial charge on any atom is -0.353 e. The van der Waals surface area contributed by atoms with E-state index in [4.69, 9.17) is 4.98 Å². The molecule has 2 atom stereocenters. The molecule has 112 valence electrons. The molecule has 0 radical (unpaired) electrons. The number of aromatic nitrogens is 2. The van der Waals surface area contributed by atoms with Crippen LogP contribution >= 0.6 is 0 Å². The van der Waals surface area contributed by atoms with E-state index in [2.05, 4.69) is 36.9 Å². The molecule has 3 rings (SSSR count). The number of hydrogen-bond donors (Lipinski definition) is 1. The fourth-order valence-electron chi connectivity index (χ4n) is 4.33. The van der Waals surface area contributed by atoms with Crippen LogP contribution in [0.15, 0.2) is 6.20 Å². The molecule has 0 aliphatic heterocycles. The molecule has 2 fully saturated rings. The molecule has 3 heteroatoms. The van der Waals surface area contributed by atoms with Gasteiger partial charge in [0.05, 0.1) is 5.69 Å². The van der Waals surface area contributed by atoms with Gasteiger partial charge in [0.25, 0.3) is 0 Å². The fraction of sp³-hybridized carbons (Fsp3) is 0.824. The molecular formula is C17H29N3. The summed E-state index contributed by atoms with van der Waals surface area (Å²) in [6, 6.07) is 1.29. The molecule has 0 saturated heterocycles. The molecule has 1 aromatic rings. The third kappa shape index (κ3) is 3.02. The maximum Gasteiger partial charge on any atom is 0.203 e. The minimum absolute atomic E-state index is 0.607. The van der Waals surface area contributed by atoms with E-state index >= 15 is 0 Å². The van der Waals surface area contributed by atoms with Crippen molar-refractivity contribution in [2.45, 2.75) is 77.8 Å². The molecule has 2 aliphatic rings. The standard InChI is InChI=1S/C17H29N3/c1-12-8-13(2)10-15(9-12)19-17-18-14(3)11-20(17)16-6-4-5-7-16/h11-13,15-16H,4-10H2,1-3H3,(H,18,19). The second-order valence-corrected chi connectivity index (χ2v) is 7.31. The molecule has 1 N–H and O–H groups in total. The summed E-state index contributed by atoms with van der Waals surface area (Å²) >= 11 is 0. The molecule has 2 aliphatic carbocycles. The summed E-state index contributed by atoms with van der Waals surface area (Å²) < 4.78 is 2.42. The summed E-state index contributed by atoms with van der Waals surface area (Å²) in [5.41, 5.74) is 1.15. The van der Waals surface area contributed by atoms with E-state index < -0.39 is 0 Å². The van der Waals surface area contributed by atoms with Gasteiger partial charge in [-0.3, -0.25) is 0 Å². The Bertz CT molecular complexity index is 435. The molecule has 3 nitrogen and oxygen atoms in total. The summed E-state index contributed by atoms with van der Waals surface area (Å²) in [4.78, 5) is 4.75. The van der Waals surface area contributed by atoms with Crippen molar-refractivity contribution in [2.75, 3.05) is 5.32 Å². The molecule has 2 unspecified atom stereocenters. The quantitative estimate of drug-likeness (QED) is 0.877. The number of nitrogens with one attached hydrogen (secondary N) is 1. The monoisotopic (exact) mass is 275 g/mol. The lowest BCUT2D eigenvalue weighted by Crippen LogP contribution is -2.31. The van der Waals surface area contributed by atoms with Gasteiger partial charge in [0, 0.05) is 18.3 Å². The average Bonchev–Trinajstić information content (AvgIpc) is 2.97. The number of anilines is 1. The van der Waals surface area contributed by atoms with Crippen LogP contribution in [0, 0.1) is 18.8 Å². The molecule has 0 spiro atoms. The van der Waals surface area contributed by atoms with Gasteiger partial charge in [-0.1, -0.05) is 26.7 Å². The molecule has 2 saturated carbocycles. The van der Waals surface area contributed by atoms with Crippen LogP contribution < -0.4 is 5.32 Å². The molecular weight excluding hydrogens is 246 g/mol. The fourth-order valence-corrected chi connectivity index (χ4v) is 4.33. The van der Waals surface area contributed by atoms with Crippen LogP contribution in [0.2, 0.25) is 0 Å². The topological polar surface area (TPSA) is 29.9 Å². The van der Waals surface area contributed by atoms with Crippen LogP contribution in [0.25, 0.3) is 0 Å². The number of hydrogen-bond acceptors (Lipinski definition) is 2. The highest BCUT2D eigenvalue weighted by Gasteiger charge is 2.26. The van der Waals surface area contributed by atoms with Crippen molar-refractivity contribution in [1.82, 2.24) is 9.55 Å². The van der Waals surface area contributed by atoms with Crippen LogP contribution in [-0.2, 0) is 0 Å². The van der Waals surface area contributed by atoms with Gasteiger partial charge in [0.2, 0.25) is 5.95 Å². The summed E-state index contributed by atoms with van der Waals surface area (Å²) in [5.74, 6) is 2.81. The largest absolute Gasteiger partial charge is 0.353 e. The Kier molecular flexibility index (Phi) is 4.04. The summed E-state index contributed by atoms with van der Waals surface area (Å²) in [6.07, 6.45) is 11.6. The molecule has 1 aromatic heterocycles. The van der Waals surface area contributed by atoms with Gasteiger partial charge in [-0.15, -0.1) is 0 Å². The van der Waals surface area contributed by atoms with Crippen molar-refractivity contribution in [3.05, 3.63) is 11.9 Å². The zero-order chi connectivity index (χ0) is 14.1. The van der Waals surface area contributed by atoms with Gasteiger partial charge in [-0.25, -0.2) is 4.98 Å². The lowest BCUT2D eigenvalue weighted by Gasteiger charge is -2.32. The van der Waals surface area contributed by atoms with E-state index in [1.165, 1.54) is 44.9 Å². The van der Waals surface area contributed by atoms with Gasteiger partial charge < -0.3 is 9.88 Å². The first-order valence-electron chi connectivity index (χ1n) is 8.44. The van der Waals surface area contributed by atoms with E-state index in [-0.39, 0.29) is 0 Å². The molecule has 0 aromatic carbocycles. The smallest absolute Gasteiger partial charge is 0.203 e. The van der Waals surface area contributed by atoms with Crippen LogP contribution in [0.5, 0.6) is 0 Å². The molecule has 0 amide bonds. The maximum absolute atomic E-state index is 4.75. The Morgan fingerprint density at radius 2 is 1.75 bits per heavy atom. The Morgan fingerprint density at radius 1 is 1.10 bits per heavy atom. The van der Waals surface area contributed by atoms with Crippen molar-refractivity contribution in [1.29, 1.82) is 0 Å². The van der Waals surface area contributed by atoms with Crippen molar-refractivity contribution in [3.8, 4) is 0 Å². The van der Waals surface area contributed by atoms with Gasteiger partial charge in [0.1, 0.15) is 0 Å². The predicted octanol–water partition coefficient (Wildman–Crippen LogP) is 4.54. The van der Waals surface area contributed by atoms with Crippen molar-refractivity contribution < 1.29 is 0 Å². The van der Waals surface area contributed by atoms with Gasteiger partial charge in [0.15, 0.2) is 0 Å². The lowest BCUT2D eigenvalue weighted by atomic mass is 9.80. The van der Waals surface area contributed by atoms with Crippen LogP contribution in [-0.4, -0.2) is 15.6 Å². The first kappa shape index (κ1) is 14.0. The normalized spacial score (nSPS) is 31.6. The highest BCUT2D eigenvalue weighted by Crippen LogP contribution is 2.34. The number of rotatable bonds is 3. The highest BCUT2D eigenvalue weighted by molar-refractivity contribution is 5.31. The van der Waals surface area contributed by atoms with E-state index in [1.54, 1.807) is 0 Å². The first-order valence-corrected chi connectivity index (χ1v) is 8.44. The van der Waals surface area contributed by atoms with Crippen LogP contribution in [0.4, 0.5) is 5.95 Å². The number of aryl methyl sites for hydroxylation is 1. The summed E-state index contributed by atoms with van der Waals surface area (Å²) in [6.45, 7) is 6.89. The molecule has 20 heavy (non-hydrogen) atoms. The Morgan fingerprint density at radius 3 is 2.40 bits per heavy atom. The van der Waals surface area contributed by atoms with E-state index in [9.17, 15) is 0 Å². The van der Waals surface area contributed by atoms with Gasteiger partial charge in [-0.2, -0.15) is 0 Å². The average molecular weight is 275 g/mol. The summed E-state index contributed by atoms with van der Waals surface area (Å²) in [7, 11) is 0. The van der Waals surface area contributed by atoms with E-state index in [0.717, 1.165) is 23.5 Å². The SMILES string of the molecule is Cc1cn(C2CCCC2)c(NC2CC(C)CC(C)C2)n1. The van der Waals surface area contributed by atoms with Gasteiger partial charge >= 0.3 is 0 Å². The first-order chi connectivity index (χ1) is 9.61. The predicted molar refractivity (Wildman–Crippen MR) is 84.1 cm³/mol. The Balaban J connectivity index is 1.73. The minimum atomic E-state index is 0.607. The third-order valence-corrected chi connectivity index (χ3v) is 5.08. The summed E-state index contributed by atoms with van der Waals surface area (Å²) in [5, 5.41) is 3.76. The second kappa shape index (κ2) is 5.79. The Labute approximate surface area is 123 Å². The van der Waals surface area contributed by atoms with Crippen LogP contribution in [0.1, 0.15) is 70.5 Å². The number of nitrogens with zero attached hydrogens (tertiary/aromatic N) is 2. The maximum atomic E-state index is 4.75. The number of imidazole rings is 1. The second-order valence-electron chi connectivity index (χ2n) is 7.31. The van der Waals surface area contributed by atoms with Crippen molar-refractivity contribution in [2.24, 2.45) is 11.8 Å². The zero-order valence-electron chi connectivity index (χ0n) is 13.2. The highest BCUT2D eigenvalue weighted by atomic mass is 15.2.